The van der Waals surface area contributed by atoms with Crippen molar-refractivity contribution in [1.29, 1.82) is 0 Å². The van der Waals surface area contributed by atoms with Crippen LogP contribution in [-0.2, 0) is 9.53 Å². The molecule has 0 aromatic rings. The van der Waals surface area contributed by atoms with E-state index in [0.717, 1.165) is 12.8 Å². The Morgan fingerprint density at radius 2 is 2.24 bits per heavy atom. The van der Waals surface area contributed by atoms with Crippen molar-refractivity contribution in [1.82, 2.24) is 5.32 Å². The van der Waals surface area contributed by atoms with Gasteiger partial charge in [-0.25, -0.2) is 0 Å². The summed E-state index contributed by atoms with van der Waals surface area (Å²) in [5.41, 5.74) is 8.17. The number of carbonyl (C=O) groups excluding carboxylic acids is 1. The van der Waals surface area contributed by atoms with E-state index in [2.05, 4.69) is 15.3 Å². The Labute approximate surface area is 101 Å². The second-order valence-electron chi connectivity index (χ2n) is 4.31. The van der Waals surface area contributed by atoms with Gasteiger partial charge in [0.1, 0.15) is 6.04 Å². The highest BCUT2D eigenvalue weighted by Crippen LogP contribution is 2.26. The van der Waals surface area contributed by atoms with Crippen molar-refractivity contribution in [3.63, 3.8) is 0 Å². The first-order chi connectivity index (χ1) is 8.29. The van der Waals surface area contributed by atoms with Crippen LogP contribution >= 0.6 is 0 Å². The van der Waals surface area contributed by atoms with Gasteiger partial charge in [-0.1, -0.05) is 24.4 Å². The highest BCUT2D eigenvalue weighted by Gasteiger charge is 2.29. The minimum Gasteiger partial charge on any atom is -0.468 e. The van der Waals surface area contributed by atoms with Gasteiger partial charge in [-0.2, -0.15) is 0 Å². The highest BCUT2D eigenvalue weighted by molar-refractivity contribution is 5.76. The normalized spacial score (nSPS) is 18.2. The zero-order chi connectivity index (χ0) is 12.5. The number of ether oxygens (including phenoxy) is 1. The van der Waals surface area contributed by atoms with Crippen LogP contribution in [-0.4, -0.2) is 32.2 Å². The van der Waals surface area contributed by atoms with Gasteiger partial charge in [-0.05, 0) is 24.3 Å². The van der Waals surface area contributed by atoms with Crippen molar-refractivity contribution in [3.05, 3.63) is 10.4 Å². The lowest BCUT2D eigenvalue weighted by atomic mass is 9.84. The molecule has 1 saturated carbocycles. The van der Waals surface area contributed by atoms with Gasteiger partial charge in [0.2, 0.25) is 0 Å². The third-order valence-corrected chi connectivity index (χ3v) is 3.22. The summed E-state index contributed by atoms with van der Waals surface area (Å²) in [5, 5.41) is 6.58. The molecule has 0 spiro atoms. The van der Waals surface area contributed by atoms with E-state index in [4.69, 9.17) is 10.3 Å². The summed E-state index contributed by atoms with van der Waals surface area (Å²) in [6.45, 7) is 0.872. The lowest BCUT2D eigenvalue weighted by Gasteiger charge is -2.28. The molecule has 1 rings (SSSR count). The zero-order valence-electron chi connectivity index (χ0n) is 10.3. The molecule has 0 amide bonds. The van der Waals surface area contributed by atoms with Crippen molar-refractivity contribution >= 4 is 5.97 Å². The summed E-state index contributed by atoms with van der Waals surface area (Å²) in [5.74, 6) is 0.139. The molecule has 1 atom stereocenters. The number of esters is 1. The van der Waals surface area contributed by atoms with Gasteiger partial charge in [-0.3, -0.25) is 4.79 Å². The van der Waals surface area contributed by atoms with Gasteiger partial charge in [0, 0.05) is 18.0 Å². The molecule has 6 heteroatoms. The molecular weight excluding hydrogens is 220 g/mol. The maximum atomic E-state index is 11.7. The molecule has 17 heavy (non-hydrogen) atoms. The first kappa shape index (κ1) is 13.8. The van der Waals surface area contributed by atoms with Gasteiger partial charge >= 0.3 is 5.97 Å². The van der Waals surface area contributed by atoms with Crippen LogP contribution in [0.15, 0.2) is 5.11 Å². The van der Waals surface area contributed by atoms with Crippen molar-refractivity contribution in [2.24, 2.45) is 11.0 Å². The molecule has 1 aliphatic rings. The smallest absolute Gasteiger partial charge is 0.323 e. The lowest BCUT2D eigenvalue weighted by molar-refractivity contribution is -0.145. The number of nitrogens with zero attached hydrogens (tertiary/aromatic N) is 3. The zero-order valence-corrected chi connectivity index (χ0v) is 10.3. The van der Waals surface area contributed by atoms with Gasteiger partial charge in [0.05, 0.1) is 7.11 Å². The first-order valence-corrected chi connectivity index (χ1v) is 6.11. The summed E-state index contributed by atoms with van der Waals surface area (Å²) in [6, 6.07) is -0.255. The molecule has 1 fully saturated rings. The number of rotatable bonds is 6. The minimum atomic E-state index is -0.255. The Bertz CT molecular complexity index is 283. The molecule has 1 unspecified atom stereocenters. The number of hydrogen-bond acceptors (Lipinski definition) is 4. The largest absolute Gasteiger partial charge is 0.468 e. The summed E-state index contributed by atoms with van der Waals surface area (Å²) in [4.78, 5) is 14.4. The van der Waals surface area contributed by atoms with E-state index in [1.165, 1.54) is 26.4 Å². The first-order valence-electron chi connectivity index (χ1n) is 6.11. The standard InChI is InChI=1S/C11H20N4O2/c1-17-11(16)10(13-7-8-14-15-12)9-5-3-2-4-6-9/h9-10,13H,2-8H2,1H3. The Morgan fingerprint density at radius 3 is 2.82 bits per heavy atom. The van der Waals surface area contributed by atoms with Crippen LogP contribution in [0.4, 0.5) is 0 Å². The topological polar surface area (TPSA) is 87.1 Å². The van der Waals surface area contributed by atoms with Gasteiger partial charge in [-0.15, -0.1) is 0 Å². The number of nitrogens with one attached hydrogen (secondary N) is 1. The second-order valence-corrected chi connectivity index (χ2v) is 4.31. The van der Waals surface area contributed by atoms with Gasteiger partial charge in [0.25, 0.3) is 0 Å². The average Bonchev–Trinajstić information content (AvgIpc) is 2.39. The predicted molar refractivity (Wildman–Crippen MR) is 64.4 cm³/mol. The van der Waals surface area contributed by atoms with Crippen LogP contribution in [0.1, 0.15) is 32.1 Å². The van der Waals surface area contributed by atoms with Gasteiger partial charge < -0.3 is 10.1 Å². The molecular formula is C11H20N4O2. The van der Waals surface area contributed by atoms with E-state index in [1.54, 1.807) is 0 Å². The maximum absolute atomic E-state index is 11.7. The summed E-state index contributed by atoms with van der Waals surface area (Å²) < 4.78 is 4.82. The number of azide groups is 1. The molecule has 0 radical (unpaired) electrons. The fraction of sp³-hybridized carbons (Fsp3) is 0.909. The summed E-state index contributed by atoms with van der Waals surface area (Å²) >= 11 is 0. The van der Waals surface area contributed by atoms with E-state index in [-0.39, 0.29) is 12.0 Å². The van der Waals surface area contributed by atoms with Crippen molar-refractivity contribution < 1.29 is 9.53 Å². The van der Waals surface area contributed by atoms with Crippen molar-refractivity contribution in [2.75, 3.05) is 20.2 Å². The third kappa shape index (κ3) is 4.63. The van der Waals surface area contributed by atoms with Gasteiger partial charge in [0.15, 0.2) is 0 Å². The van der Waals surface area contributed by atoms with Crippen LogP contribution in [0.5, 0.6) is 0 Å². The monoisotopic (exact) mass is 240 g/mol. The fourth-order valence-electron chi connectivity index (χ4n) is 2.35. The molecule has 0 aliphatic heterocycles. The molecule has 1 aliphatic carbocycles. The number of methoxy groups -OCH3 is 1. The lowest BCUT2D eigenvalue weighted by Crippen LogP contribution is -2.45. The third-order valence-electron chi connectivity index (χ3n) is 3.22. The average molecular weight is 240 g/mol. The Balaban J connectivity index is 2.46. The molecule has 0 saturated heterocycles. The maximum Gasteiger partial charge on any atom is 0.323 e. The minimum absolute atomic E-state index is 0.210. The van der Waals surface area contributed by atoms with Crippen LogP contribution in [0, 0.1) is 5.92 Å². The second kappa shape index (κ2) is 7.92. The molecule has 0 heterocycles. The molecule has 0 aromatic heterocycles. The summed E-state index contributed by atoms with van der Waals surface area (Å²) in [7, 11) is 1.41. The van der Waals surface area contributed by atoms with E-state index in [1.807, 2.05) is 0 Å². The molecule has 0 aromatic carbocycles. The predicted octanol–water partition coefficient (Wildman–Crippen LogP) is 2.01. The highest BCUT2D eigenvalue weighted by atomic mass is 16.5. The quantitative estimate of drug-likeness (QED) is 0.253. The molecule has 1 N–H and O–H groups in total. The van der Waals surface area contributed by atoms with E-state index < -0.39 is 0 Å². The fourth-order valence-corrected chi connectivity index (χ4v) is 2.35. The Hall–Kier alpha value is -1.26. The van der Waals surface area contributed by atoms with E-state index in [0.29, 0.717) is 19.0 Å². The molecule has 6 nitrogen and oxygen atoms in total. The van der Waals surface area contributed by atoms with E-state index in [9.17, 15) is 4.79 Å². The SMILES string of the molecule is COC(=O)C(NCCN=[N+]=[N-])C1CCCCC1. The Morgan fingerprint density at radius 1 is 1.53 bits per heavy atom. The number of hydrogen-bond donors (Lipinski definition) is 1. The van der Waals surface area contributed by atoms with Crippen LogP contribution in [0.2, 0.25) is 0 Å². The summed E-state index contributed by atoms with van der Waals surface area (Å²) in [6.07, 6.45) is 5.73. The van der Waals surface area contributed by atoms with Crippen LogP contribution < -0.4 is 5.32 Å². The molecule has 0 bridgehead atoms. The van der Waals surface area contributed by atoms with Crippen molar-refractivity contribution in [3.8, 4) is 0 Å². The number of carbonyl (C=O) groups is 1. The van der Waals surface area contributed by atoms with Crippen LogP contribution in [0.25, 0.3) is 10.4 Å². The molecule has 96 valence electrons. The van der Waals surface area contributed by atoms with Crippen molar-refractivity contribution in [2.45, 2.75) is 38.1 Å². The Kier molecular flexibility index (Phi) is 6.43. The van der Waals surface area contributed by atoms with E-state index >= 15 is 0 Å². The van der Waals surface area contributed by atoms with Crippen LogP contribution in [0.3, 0.4) is 0 Å².